The van der Waals surface area contributed by atoms with Gasteiger partial charge in [-0.3, -0.25) is 0 Å². The summed E-state index contributed by atoms with van der Waals surface area (Å²) in [5.74, 6) is 0.799. The highest BCUT2D eigenvalue weighted by Crippen LogP contribution is 2.08. The van der Waals surface area contributed by atoms with Crippen LogP contribution >= 0.6 is 0 Å². The maximum absolute atomic E-state index is 11.7. The number of anilines is 2. The van der Waals surface area contributed by atoms with E-state index >= 15 is 0 Å². The summed E-state index contributed by atoms with van der Waals surface area (Å²) in [7, 11) is 0. The Morgan fingerprint density at radius 2 is 2.05 bits per heavy atom. The van der Waals surface area contributed by atoms with Crippen molar-refractivity contribution in [2.45, 2.75) is 6.92 Å². The molecular weight excluding hydrogens is 252 g/mol. The molecule has 0 saturated heterocycles. The van der Waals surface area contributed by atoms with E-state index in [2.05, 4.69) is 20.9 Å². The topological polar surface area (TPSA) is 66.1 Å². The van der Waals surface area contributed by atoms with E-state index in [1.165, 1.54) is 0 Å². The number of hydrogen-bond donors (Lipinski definition) is 3. The number of rotatable bonds is 5. The number of nitrogens with one attached hydrogen (secondary N) is 3. The molecule has 0 aliphatic rings. The minimum Gasteiger partial charge on any atom is -0.368 e. The summed E-state index contributed by atoms with van der Waals surface area (Å²) in [6.45, 7) is 3.13. The summed E-state index contributed by atoms with van der Waals surface area (Å²) < 4.78 is 0. The Morgan fingerprint density at radius 1 is 1.15 bits per heavy atom. The lowest BCUT2D eigenvalue weighted by atomic mass is 10.2. The van der Waals surface area contributed by atoms with E-state index in [0.717, 1.165) is 17.1 Å². The molecule has 0 aliphatic heterocycles. The van der Waals surface area contributed by atoms with Gasteiger partial charge in [0, 0.05) is 25.0 Å². The Morgan fingerprint density at radius 3 is 2.80 bits per heavy atom. The molecule has 20 heavy (non-hydrogen) atoms. The second-order valence-corrected chi connectivity index (χ2v) is 4.39. The molecule has 1 aromatic carbocycles. The molecule has 0 bridgehead atoms. The number of carbonyl (C=O) groups is 1. The van der Waals surface area contributed by atoms with Gasteiger partial charge in [-0.1, -0.05) is 18.2 Å². The summed E-state index contributed by atoms with van der Waals surface area (Å²) >= 11 is 0. The highest BCUT2D eigenvalue weighted by molar-refractivity contribution is 5.89. The molecule has 0 radical (unpaired) electrons. The fourth-order valence-corrected chi connectivity index (χ4v) is 1.73. The highest BCUT2D eigenvalue weighted by Gasteiger charge is 2.00. The predicted molar refractivity (Wildman–Crippen MR) is 80.9 cm³/mol. The van der Waals surface area contributed by atoms with E-state index in [-0.39, 0.29) is 6.03 Å². The Balaban J connectivity index is 1.68. The van der Waals surface area contributed by atoms with E-state index < -0.39 is 0 Å². The molecule has 0 aliphatic carbocycles. The van der Waals surface area contributed by atoms with Crippen LogP contribution in [0.5, 0.6) is 0 Å². The first kappa shape index (κ1) is 13.9. The molecule has 0 saturated carbocycles. The molecule has 5 nitrogen and oxygen atoms in total. The van der Waals surface area contributed by atoms with Gasteiger partial charge in [0.1, 0.15) is 5.82 Å². The molecule has 0 spiro atoms. The Labute approximate surface area is 118 Å². The summed E-state index contributed by atoms with van der Waals surface area (Å²) in [6, 6.07) is 13.1. The van der Waals surface area contributed by atoms with Crippen LogP contribution in [0, 0.1) is 6.92 Å². The van der Waals surface area contributed by atoms with Crippen molar-refractivity contribution in [3.63, 3.8) is 0 Å². The van der Waals surface area contributed by atoms with Crippen LogP contribution in [0.1, 0.15) is 5.56 Å². The zero-order chi connectivity index (χ0) is 14.2. The number of aryl methyl sites for hydroxylation is 1. The zero-order valence-corrected chi connectivity index (χ0v) is 11.4. The smallest absolute Gasteiger partial charge is 0.319 e. The molecule has 2 rings (SSSR count). The molecule has 1 heterocycles. The van der Waals surface area contributed by atoms with Gasteiger partial charge in [-0.2, -0.15) is 0 Å². The van der Waals surface area contributed by atoms with E-state index in [4.69, 9.17) is 0 Å². The van der Waals surface area contributed by atoms with Crippen LogP contribution in [0.25, 0.3) is 0 Å². The van der Waals surface area contributed by atoms with E-state index in [0.29, 0.717) is 13.1 Å². The zero-order valence-electron chi connectivity index (χ0n) is 11.4. The van der Waals surface area contributed by atoms with Gasteiger partial charge in [0.25, 0.3) is 0 Å². The second-order valence-electron chi connectivity index (χ2n) is 4.39. The number of pyridine rings is 1. The predicted octanol–water partition coefficient (Wildman–Crippen LogP) is 2.62. The molecule has 1 aromatic heterocycles. The van der Waals surface area contributed by atoms with Gasteiger partial charge in [-0.25, -0.2) is 9.78 Å². The first-order chi connectivity index (χ1) is 9.74. The molecule has 0 unspecified atom stereocenters. The minimum absolute atomic E-state index is 0.210. The number of benzene rings is 1. The summed E-state index contributed by atoms with van der Waals surface area (Å²) in [6.07, 6.45) is 1.72. The number of hydrogen-bond acceptors (Lipinski definition) is 3. The van der Waals surface area contributed by atoms with Crippen LogP contribution in [0.3, 0.4) is 0 Å². The van der Waals surface area contributed by atoms with Crippen LogP contribution in [-0.2, 0) is 0 Å². The number of urea groups is 1. The SMILES string of the molecule is Cc1cccc(NC(=O)NCCNc2ccccn2)c1. The summed E-state index contributed by atoms with van der Waals surface area (Å²) in [5.41, 5.74) is 1.90. The van der Waals surface area contributed by atoms with Crippen molar-refractivity contribution in [1.29, 1.82) is 0 Å². The summed E-state index contributed by atoms with van der Waals surface area (Å²) in [4.78, 5) is 15.8. The van der Waals surface area contributed by atoms with Crippen molar-refractivity contribution in [2.75, 3.05) is 23.7 Å². The molecule has 104 valence electrons. The Kier molecular flexibility index (Phi) is 4.94. The number of carbonyl (C=O) groups excluding carboxylic acids is 1. The van der Waals surface area contributed by atoms with Crippen molar-refractivity contribution < 1.29 is 4.79 Å². The average Bonchev–Trinajstić information content (AvgIpc) is 2.45. The standard InChI is InChI=1S/C15H18N4O/c1-12-5-4-6-13(11-12)19-15(20)18-10-9-17-14-7-2-3-8-16-14/h2-8,11H,9-10H2,1H3,(H,16,17)(H2,18,19,20). The normalized spacial score (nSPS) is 9.85. The third-order valence-corrected chi connectivity index (χ3v) is 2.66. The lowest BCUT2D eigenvalue weighted by Gasteiger charge is -2.09. The molecule has 0 atom stereocenters. The van der Waals surface area contributed by atoms with Crippen LogP contribution < -0.4 is 16.0 Å². The van der Waals surface area contributed by atoms with Crippen molar-refractivity contribution in [2.24, 2.45) is 0 Å². The lowest BCUT2D eigenvalue weighted by molar-refractivity contribution is 0.252. The second kappa shape index (κ2) is 7.13. The monoisotopic (exact) mass is 270 g/mol. The molecule has 2 amide bonds. The van der Waals surface area contributed by atoms with Crippen molar-refractivity contribution in [3.8, 4) is 0 Å². The Bertz CT molecular complexity index is 557. The fourth-order valence-electron chi connectivity index (χ4n) is 1.73. The van der Waals surface area contributed by atoms with Gasteiger partial charge in [0.2, 0.25) is 0 Å². The van der Waals surface area contributed by atoms with Gasteiger partial charge in [-0.05, 0) is 36.8 Å². The third-order valence-electron chi connectivity index (χ3n) is 2.66. The molecule has 2 aromatic rings. The van der Waals surface area contributed by atoms with Crippen LogP contribution in [0.15, 0.2) is 48.7 Å². The van der Waals surface area contributed by atoms with E-state index in [1.54, 1.807) is 6.20 Å². The number of amides is 2. The van der Waals surface area contributed by atoms with Gasteiger partial charge < -0.3 is 16.0 Å². The van der Waals surface area contributed by atoms with Crippen molar-refractivity contribution in [3.05, 3.63) is 54.2 Å². The maximum Gasteiger partial charge on any atom is 0.319 e. The van der Waals surface area contributed by atoms with Crippen LogP contribution in [0.4, 0.5) is 16.3 Å². The molecule has 3 N–H and O–H groups in total. The lowest BCUT2D eigenvalue weighted by Crippen LogP contribution is -2.32. The van der Waals surface area contributed by atoms with E-state index in [1.807, 2.05) is 49.4 Å². The summed E-state index contributed by atoms with van der Waals surface area (Å²) in [5, 5.41) is 8.69. The third kappa shape index (κ3) is 4.61. The molecular formula is C15H18N4O. The van der Waals surface area contributed by atoms with Crippen molar-refractivity contribution >= 4 is 17.5 Å². The van der Waals surface area contributed by atoms with Gasteiger partial charge in [0.05, 0.1) is 0 Å². The van der Waals surface area contributed by atoms with Crippen LogP contribution in [0.2, 0.25) is 0 Å². The number of nitrogens with zero attached hydrogens (tertiary/aromatic N) is 1. The average molecular weight is 270 g/mol. The quantitative estimate of drug-likeness (QED) is 0.732. The first-order valence-corrected chi connectivity index (χ1v) is 6.50. The largest absolute Gasteiger partial charge is 0.368 e. The van der Waals surface area contributed by atoms with Gasteiger partial charge in [-0.15, -0.1) is 0 Å². The fraction of sp³-hybridized carbons (Fsp3) is 0.200. The maximum atomic E-state index is 11.7. The van der Waals surface area contributed by atoms with Gasteiger partial charge in [0.15, 0.2) is 0 Å². The van der Waals surface area contributed by atoms with Crippen molar-refractivity contribution in [1.82, 2.24) is 10.3 Å². The Hall–Kier alpha value is -2.56. The van der Waals surface area contributed by atoms with Crippen LogP contribution in [-0.4, -0.2) is 24.1 Å². The van der Waals surface area contributed by atoms with E-state index in [9.17, 15) is 4.79 Å². The minimum atomic E-state index is -0.210. The first-order valence-electron chi connectivity index (χ1n) is 6.50. The van der Waals surface area contributed by atoms with Gasteiger partial charge >= 0.3 is 6.03 Å². The number of aromatic nitrogens is 1. The molecule has 5 heteroatoms. The highest BCUT2D eigenvalue weighted by atomic mass is 16.2. The molecule has 0 fully saturated rings.